The first kappa shape index (κ1) is 21.9. The Bertz CT molecular complexity index is 1390. The van der Waals surface area contributed by atoms with E-state index in [1.807, 2.05) is 6.07 Å². The average molecular weight is 497 g/mol. The van der Waals surface area contributed by atoms with Crippen LogP contribution in [0.5, 0.6) is 17.2 Å². The molecule has 0 bridgehead atoms. The SMILES string of the molecule is COc1cc2c(c(C#N)c1N(C(=O)c1sccc1S(N)(=O)=O)c1onc(C)c1Cl)OCO2. The second-order valence-electron chi connectivity index (χ2n) is 6.33. The second-order valence-corrected chi connectivity index (χ2v) is 9.16. The summed E-state index contributed by atoms with van der Waals surface area (Å²) >= 11 is 7.16. The molecule has 11 nitrogen and oxygen atoms in total. The number of hydrogen-bond acceptors (Lipinski definition) is 10. The minimum atomic E-state index is -4.24. The van der Waals surface area contributed by atoms with Crippen LogP contribution in [0.4, 0.5) is 11.6 Å². The Morgan fingerprint density at radius 1 is 1.44 bits per heavy atom. The molecule has 2 N–H and O–H groups in total. The fraction of sp³-hybridized carbons (Fsp3) is 0.167. The number of methoxy groups -OCH3 is 1. The Kier molecular flexibility index (Phi) is 5.47. The van der Waals surface area contributed by atoms with Gasteiger partial charge >= 0.3 is 0 Å². The molecule has 0 saturated carbocycles. The number of ether oxygens (including phenoxy) is 3. The molecule has 0 radical (unpaired) electrons. The maximum Gasteiger partial charge on any atom is 0.276 e. The zero-order chi connectivity index (χ0) is 23.2. The number of aromatic nitrogens is 1. The highest BCUT2D eigenvalue weighted by atomic mass is 35.5. The average Bonchev–Trinajstić information content (AvgIpc) is 3.49. The summed E-state index contributed by atoms with van der Waals surface area (Å²) in [6, 6.07) is 4.59. The highest BCUT2D eigenvalue weighted by Gasteiger charge is 2.37. The maximum atomic E-state index is 13.7. The molecule has 0 spiro atoms. The van der Waals surface area contributed by atoms with E-state index in [9.17, 15) is 18.5 Å². The third kappa shape index (κ3) is 3.43. The van der Waals surface area contributed by atoms with Gasteiger partial charge in [0, 0.05) is 6.07 Å². The molecule has 0 saturated heterocycles. The zero-order valence-electron chi connectivity index (χ0n) is 16.4. The Labute approximate surface area is 190 Å². The number of benzene rings is 1. The Balaban J connectivity index is 2.04. The zero-order valence-corrected chi connectivity index (χ0v) is 18.8. The van der Waals surface area contributed by atoms with Crippen LogP contribution in [0.1, 0.15) is 20.9 Å². The molecule has 0 aliphatic carbocycles. The Hall–Kier alpha value is -3.31. The van der Waals surface area contributed by atoms with Crippen LogP contribution < -0.4 is 24.2 Å². The number of nitriles is 1. The van der Waals surface area contributed by atoms with Gasteiger partial charge in [-0.25, -0.2) is 18.5 Å². The number of carbonyl (C=O) groups is 1. The van der Waals surface area contributed by atoms with Crippen molar-refractivity contribution in [2.24, 2.45) is 5.14 Å². The number of thiophene rings is 1. The topological polar surface area (TPSA) is 158 Å². The van der Waals surface area contributed by atoms with Gasteiger partial charge in [-0.1, -0.05) is 16.8 Å². The van der Waals surface area contributed by atoms with E-state index in [1.165, 1.54) is 24.6 Å². The number of hydrogen-bond donors (Lipinski definition) is 1. The van der Waals surface area contributed by atoms with Gasteiger partial charge in [0.25, 0.3) is 11.8 Å². The number of primary sulfonamides is 1. The molecule has 32 heavy (non-hydrogen) atoms. The first-order valence-corrected chi connectivity index (χ1v) is 11.5. The number of sulfonamides is 1. The number of fused-ring (bicyclic) bond motifs is 1. The molecule has 1 aliphatic heterocycles. The lowest BCUT2D eigenvalue weighted by atomic mass is 10.1. The molecule has 1 aliphatic rings. The van der Waals surface area contributed by atoms with Crippen LogP contribution in [0, 0.1) is 18.3 Å². The summed E-state index contributed by atoms with van der Waals surface area (Å²) < 4.78 is 45.5. The van der Waals surface area contributed by atoms with E-state index in [4.69, 9.17) is 35.5 Å². The Morgan fingerprint density at radius 2 is 2.19 bits per heavy atom. The predicted molar refractivity (Wildman–Crippen MR) is 112 cm³/mol. The molecule has 0 unspecified atom stereocenters. The third-order valence-corrected chi connectivity index (χ3v) is 6.89. The third-order valence-electron chi connectivity index (χ3n) is 4.47. The van der Waals surface area contributed by atoms with E-state index < -0.39 is 20.8 Å². The standard InChI is InChI=1S/C18H13ClN4O7S2/c1-8-13(19)18(30-22-8)23(17(24)16-12(3-4-31-16)32(21,25)26)14-9(6-20)15-11(28-7-29-15)5-10(14)27-2/h3-5H,7H2,1-2H3,(H2,21,25,26). The van der Waals surface area contributed by atoms with Gasteiger partial charge in [0.1, 0.15) is 43.6 Å². The molecule has 166 valence electrons. The van der Waals surface area contributed by atoms with Crippen molar-refractivity contribution in [3.8, 4) is 23.3 Å². The number of amides is 1. The largest absolute Gasteiger partial charge is 0.494 e. The van der Waals surface area contributed by atoms with Crippen LogP contribution in [-0.4, -0.2) is 33.4 Å². The summed E-state index contributed by atoms with van der Waals surface area (Å²) in [4.78, 5) is 14.0. The predicted octanol–water partition coefficient (Wildman–Crippen LogP) is 2.93. The number of carbonyl (C=O) groups excluding carboxylic acids is 1. The van der Waals surface area contributed by atoms with E-state index in [-0.39, 0.29) is 56.8 Å². The fourth-order valence-corrected chi connectivity index (χ4v) is 5.10. The maximum absolute atomic E-state index is 13.7. The van der Waals surface area contributed by atoms with Crippen LogP contribution in [-0.2, 0) is 10.0 Å². The van der Waals surface area contributed by atoms with Gasteiger partial charge in [0.05, 0.1) is 7.11 Å². The quantitative estimate of drug-likeness (QED) is 0.560. The summed E-state index contributed by atoms with van der Waals surface area (Å²) in [7, 11) is -2.92. The van der Waals surface area contributed by atoms with Crippen LogP contribution in [0.15, 0.2) is 26.9 Å². The lowest BCUT2D eigenvalue weighted by Gasteiger charge is -2.23. The van der Waals surface area contributed by atoms with E-state index in [2.05, 4.69) is 5.16 Å². The second kappa shape index (κ2) is 7.99. The van der Waals surface area contributed by atoms with Crippen LogP contribution in [0.3, 0.4) is 0 Å². The molecule has 3 heterocycles. The number of rotatable bonds is 5. The minimum Gasteiger partial charge on any atom is -0.494 e. The normalized spacial score (nSPS) is 12.5. The Morgan fingerprint density at radius 3 is 2.78 bits per heavy atom. The van der Waals surface area contributed by atoms with Crippen molar-refractivity contribution in [2.75, 3.05) is 18.8 Å². The number of anilines is 2. The van der Waals surface area contributed by atoms with Crippen LogP contribution in [0.2, 0.25) is 5.02 Å². The summed E-state index contributed by atoms with van der Waals surface area (Å²) in [5.74, 6) is -0.799. The van der Waals surface area contributed by atoms with E-state index >= 15 is 0 Å². The van der Waals surface area contributed by atoms with Crippen LogP contribution >= 0.6 is 22.9 Å². The van der Waals surface area contributed by atoms with Crippen molar-refractivity contribution in [3.63, 3.8) is 0 Å². The van der Waals surface area contributed by atoms with Crippen molar-refractivity contribution in [1.29, 1.82) is 5.26 Å². The van der Waals surface area contributed by atoms with E-state index in [0.29, 0.717) is 0 Å². The van der Waals surface area contributed by atoms with Gasteiger partial charge < -0.3 is 18.7 Å². The first-order valence-electron chi connectivity index (χ1n) is 8.66. The van der Waals surface area contributed by atoms with E-state index in [0.717, 1.165) is 16.2 Å². The number of nitrogens with zero attached hydrogens (tertiary/aromatic N) is 3. The van der Waals surface area contributed by atoms with Gasteiger partial charge in [0.15, 0.2) is 11.5 Å². The first-order chi connectivity index (χ1) is 15.2. The summed E-state index contributed by atoms with van der Waals surface area (Å²) in [6.07, 6.45) is 0. The monoisotopic (exact) mass is 496 g/mol. The summed E-state index contributed by atoms with van der Waals surface area (Å²) in [5, 5.41) is 20.3. The molecule has 2 aromatic heterocycles. The van der Waals surface area contributed by atoms with Crippen molar-refractivity contribution in [3.05, 3.63) is 38.7 Å². The van der Waals surface area contributed by atoms with Crippen molar-refractivity contribution < 1.29 is 31.9 Å². The highest BCUT2D eigenvalue weighted by molar-refractivity contribution is 7.89. The molecule has 3 aromatic rings. The van der Waals surface area contributed by atoms with Crippen molar-refractivity contribution in [2.45, 2.75) is 11.8 Å². The molecule has 1 aromatic carbocycles. The fourth-order valence-electron chi connectivity index (χ4n) is 3.05. The number of halogens is 1. The van der Waals surface area contributed by atoms with Gasteiger partial charge in [-0.05, 0) is 18.4 Å². The van der Waals surface area contributed by atoms with Gasteiger partial charge in [-0.3, -0.25) is 4.79 Å². The lowest BCUT2D eigenvalue weighted by Crippen LogP contribution is -2.28. The summed E-state index contributed by atoms with van der Waals surface area (Å²) in [5.41, 5.74) is 0.0376. The van der Waals surface area contributed by atoms with E-state index in [1.54, 1.807) is 6.92 Å². The molecule has 14 heteroatoms. The van der Waals surface area contributed by atoms with Crippen molar-refractivity contribution >= 4 is 50.4 Å². The lowest BCUT2D eigenvalue weighted by molar-refractivity contribution is 0.0994. The van der Waals surface area contributed by atoms with Gasteiger partial charge in [0.2, 0.25) is 16.8 Å². The van der Waals surface area contributed by atoms with Gasteiger partial charge in [-0.15, -0.1) is 11.3 Å². The molecule has 0 fully saturated rings. The molecule has 0 atom stereocenters. The molecule has 4 rings (SSSR count). The summed E-state index contributed by atoms with van der Waals surface area (Å²) in [6.45, 7) is 1.40. The smallest absolute Gasteiger partial charge is 0.276 e. The molecular weight excluding hydrogens is 484 g/mol. The van der Waals surface area contributed by atoms with Gasteiger partial charge in [-0.2, -0.15) is 5.26 Å². The van der Waals surface area contributed by atoms with Crippen molar-refractivity contribution in [1.82, 2.24) is 5.16 Å². The molecule has 1 amide bonds. The minimum absolute atomic E-state index is 0.0318. The highest BCUT2D eigenvalue weighted by Crippen LogP contribution is 2.50. The number of nitrogens with two attached hydrogens (primary N) is 1. The number of aryl methyl sites for hydroxylation is 1. The van der Waals surface area contributed by atoms with Crippen LogP contribution in [0.25, 0.3) is 0 Å². The molecular formula is C18H13ClN4O7S2.